The van der Waals surface area contributed by atoms with E-state index in [1.165, 1.54) is 0 Å². The summed E-state index contributed by atoms with van der Waals surface area (Å²) < 4.78 is 0. The summed E-state index contributed by atoms with van der Waals surface area (Å²) in [7, 11) is -1.82. The summed E-state index contributed by atoms with van der Waals surface area (Å²) in [6.07, 6.45) is 0. The number of benzene rings is 5. The third-order valence-corrected chi connectivity index (χ3v) is 6.10. The van der Waals surface area contributed by atoms with Crippen LogP contribution in [-0.4, -0.2) is 32.1 Å². The summed E-state index contributed by atoms with van der Waals surface area (Å²) in [5.41, 5.74) is 3.45. The molecule has 0 aliphatic heterocycles. The van der Waals surface area contributed by atoms with Gasteiger partial charge in [0, 0.05) is 11.1 Å². The Balaban J connectivity index is 1.61. The average molecular weight is 453 g/mol. The van der Waals surface area contributed by atoms with Gasteiger partial charge in [0.2, 0.25) is 0 Å². The van der Waals surface area contributed by atoms with Crippen molar-refractivity contribution < 1.29 is 10.0 Å². The molecule has 0 radical (unpaired) electrons. The molecule has 6 heteroatoms. The first-order valence-corrected chi connectivity index (χ1v) is 11.4. The summed E-state index contributed by atoms with van der Waals surface area (Å²) in [4.78, 5) is 13.7. The van der Waals surface area contributed by atoms with Crippen molar-refractivity contribution in [1.29, 1.82) is 0 Å². The molecule has 6 rings (SSSR count). The number of fused-ring (bicyclic) bond motifs is 2. The van der Waals surface area contributed by atoms with Gasteiger partial charge in [-0.05, 0) is 50.9 Å². The van der Waals surface area contributed by atoms with E-state index in [1.54, 1.807) is 0 Å². The number of nitrogens with zero attached hydrogens (tertiary/aromatic N) is 3. The van der Waals surface area contributed by atoms with Gasteiger partial charge in [-0.3, -0.25) is 0 Å². The van der Waals surface area contributed by atoms with Gasteiger partial charge >= 0.3 is 7.12 Å². The number of hydrogen-bond donors (Lipinski definition) is 2. The van der Waals surface area contributed by atoms with Gasteiger partial charge in [0.05, 0.1) is 0 Å². The van der Waals surface area contributed by atoms with E-state index >= 15 is 0 Å². The fraction of sp³-hybridized carbons (Fsp3) is 0. The van der Waals surface area contributed by atoms with E-state index in [1.807, 2.05) is 97.1 Å². The van der Waals surface area contributed by atoms with Crippen molar-refractivity contribution >= 4 is 34.4 Å². The molecule has 0 bridgehead atoms. The Labute approximate surface area is 202 Å². The Kier molecular flexibility index (Phi) is 5.30. The highest BCUT2D eigenvalue weighted by atomic mass is 16.4. The molecule has 0 atom stereocenters. The molecule has 0 aliphatic rings. The molecular weight excluding hydrogens is 433 g/mol. The largest absolute Gasteiger partial charge is 0.528 e. The molecule has 0 unspecified atom stereocenters. The highest BCUT2D eigenvalue weighted by Gasteiger charge is 2.21. The lowest BCUT2D eigenvalue weighted by Gasteiger charge is -2.13. The van der Waals surface area contributed by atoms with Crippen molar-refractivity contribution in [2.24, 2.45) is 0 Å². The normalized spacial score (nSPS) is 11.1. The summed E-state index contributed by atoms with van der Waals surface area (Å²) in [5, 5.41) is 24.3. The van der Waals surface area contributed by atoms with E-state index in [4.69, 9.17) is 4.98 Å². The minimum atomic E-state index is -1.82. The second-order valence-electron chi connectivity index (χ2n) is 8.39. The molecule has 0 saturated carbocycles. The molecule has 6 aromatic rings. The van der Waals surface area contributed by atoms with Gasteiger partial charge in [0.25, 0.3) is 0 Å². The zero-order valence-electron chi connectivity index (χ0n) is 18.7. The Morgan fingerprint density at radius 2 is 1.03 bits per heavy atom. The number of aromatic nitrogens is 3. The maximum Gasteiger partial charge on any atom is 0.528 e. The van der Waals surface area contributed by atoms with Crippen molar-refractivity contribution in [1.82, 2.24) is 15.0 Å². The van der Waals surface area contributed by atoms with E-state index in [0.717, 1.165) is 43.8 Å². The number of rotatable bonds is 4. The monoisotopic (exact) mass is 453 g/mol. The molecule has 1 heterocycles. The van der Waals surface area contributed by atoms with Gasteiger partial charge < -0.3 is 10.0 Å². The first kappa shape index (κ1) is 21.2. The third-order valence-electron chi connectivity index (χ3n) is 6.10. The van der Waals surface area contributed by atoms with Crippen LogP contribution in [0.3, 0.4) is 0 Å². The molecule has 2 N–H and O–H groups in total. The summed E-state index contributed by atoms with van der Waals surface area (Å²) in [5.74, 6) is 0.770. The highest BCUT2D eigenvalue weighted by molar-refractivity contribution is 6.56. The lowest BCUT2D eigenvalue weighted by Crippen LogP contribution is -2.36. The van der Waals surface area contributed by atoms with Crippen LogP contribution in [0.25, 0.3) is 55.4 Å². The van der Waals surface area contributed by atoms with Crippen LogP contribution in [0.2, 0.25) is 0 Å². The molecule has 5 aromatic carbocycles. The van der Waals surface area contributed by atoms with Crippen molar-refractivity contribution in [2.45, 2.75) is 0 Å². The fourth-order valence-electron chi connectivity index (χ4n) is 4.37. The highest BCUT2D eigenvalue weighted by Crippen LogP contribution is 2.34. The Hall–Kier alpha value is -4.39. The first-order chi connectivity index (χ1) is 17.2. The number of hydrogen-bond acceptors (Lipinski definition) is 5. The topological polar surface area (TPSA) is 79.1 Å². The Bertz CT molecular complexity index is 1690. The molecule has 0 aliphatic carbocycles. The van der Waals surface area contributed by atoms with E-state index in [9.17, 15) is 10.0 Å². The molecular formula is C29H20BN3O2. The minimum Gasteiger partial charge on any atom is -0.421 e. The van der Waals surface area contributed by atoms with Crippen LogP contribution in [0.15, 0.2) is 109 Å². The van der Waals surface area contributed by atoms with Crippen LogP contribution >= 0.6 is 0 Å². The molecule has 0 amide bonds. The molecule has 166 valence electrons. The first-order valence-electron chi connectivity index (χ1n) is 11.4. The maximum atomic E-state index is 10.00. The quantitative estimate of drug-likeness (QED) is 0.373. The zero-order chi connectivity index (χ0) is 23.8. The van der Waals surface area contributed by atoms with Crippen LogP contribution in [0, 0.1) is 0 Å². The van der Waals surface area contributed by atoms with Gasteiger partial charge in [-0.25, -0.2) is 15.0 Å². The molecule has 35 heavy (non-hydrogen) atoms. The standard InChI is InChI=1S/C29H20BN3O2/c34-30(35)29-32-27(24-15-14-19-8-4-5-11-21(19)16-24)31-28(33-29)26-18-23-13-7-6-12-22(23)17-25(26)20-9-2-1-3-10-20/h1-18,34-35H. The van der Waals surface area contributed by atoms with E-state index in [0.29, 0.717) is 11.6 Å². The van der Waals surface area contributed by atoms with Gasteiger partial charge in [-0.2, -0.15) is 0 Å². The average Bonchev–Trinajstić information content (AvgIpc) is 2.92. The molecule has 0 fully saturated rings. The van der Waals surface area contributed by atoms with E-state index in [2.05, 4.69) is 22.1 Å². The van der Waals surface area contributed by atoms with Crippen LogP contribution in [0.4, 0.5) is 0 Å². The minimum absolute atomic E-state index is 0.0923. The van der Waals surface area contributed by atoms with Gasteiger partial charge in [-0.1, -0.05) is 91.0 Å². The van der Waals surface area contributed by atoms with Crippen molar-refractivity contribution in [3.05, 3.63) is 109 Å². The summed E-state index contributed by atoms with van der Waals surface area (Å²) >= 11 is 0. The van der Waals surface area contributed by atoms with Gasteiger partial charge in [-0.15, -0.1) is 0 Å². The zero-order valence-corrected chi connectivity index (χ0v) is 18.7. The summed E-state index contributed by atoms with van der Waals surface area (Å²) in [6.45, 7) is 0. The Morgan fingerprint density at radius 1 is 0.457 bits per heavy atom. The fourth-order valence-corrected chi connectivity index (χ4v) is 4.37. The maximum absolute atomic E-state index is 10.00. The van der Waals surface area contributed by atoms with Gasteiger partial charge in [0.1, 0.15) is 0 Å². The smallest absolute Gasteiger partial charge is 0.421 e. The SMILES string of the molecule is OB(O)c1nc(-c2ccc3ccccc3c2)nc(-c2cc3ccccc3cc2-c2ccccc2)n1. The van der Waals surface area contributed by atoms with Crippen LogP contribution in [-0.2, 0) is 0 Å². The van der Waals surface area contributed by atoms with Crippen LogP contribution < -0.4 is 5.72 Å². The van der Waals surface area contributed by atoms with E-state index in [-0.39, 0.29) is 5.72 Å². The second-order valence-corrected chi connectivity index (χ2v) is 8.39. The van der Waals surface area contributed by atoms with Crippen molar-refractivity contribution in [3.8, 4) is 33.9 Å². The predicted molar refractivity (Wildman–Crippen MR) is 141 cm³/mol. The summed E-state index contributed by atoms with van der Waals surface area (Å²) in [6, 6.07) is 36.3. The third kappa shape index (κ3) is 4.06. The molecule has 1 aromatic heterocycles. The van der Waals surface area contributed by atoms with Crippen LogP contribution in [0.5, 0.6) is 0 Å². The van der Waals surface area contributed by atoms with Crippen molar-refractivity contribution in [2.75, 3.05) is 0 Å². The second kappa shape index (κ2) is 8.76. The van der Waals surface area contributed by atoms with Crippen molar-refractivity contribution in [3.63, 3.8) is 0 Å². The van der Waals surface area contributed by atoms with E-state index < -0.39 is 7.12 Å². The molecule has 5 nitrogen and oxygen atoms in total. The van der Waals surface area contributed by atoms with Crippen LogP contribution in [0.1, 0.15) is 0 Å². The Morgan fingerprint density at radius 3 is 1.71 bits per heavy atom. The van der Waals surface area contributed by atoms with Gasteiger partial charge in [0.15, 0.2) is 17.4 Å². The lowest BCUT2D eigenvalue weighted by molar-refractivity contribution is 0.422. The molecule has 0 spiro atoms. The predicted octanol–water partition coefficient (Wildman–Crippen LogP) is 4.86. The lowest BCUT2D eigenvalue weighted by atomic mass is 9.90. The molecule has 0 saturated heterocycles.